The summed E-state index contributed by atoms with van der Waals surface area (Å²) in [5.74, 6) is 0.741. The molecule has 1 aromatic heterocycles. The van der Waals surface area contributed by atoms with Gasteiger partial charge in [0.1, 0.15) is 0 Å². The molecule has 3 aliphatic heterocycles. The molecule has 0 bridgehead atoms. The Labute approximate surface area is 153 Å². The smallest absolute Gasteiger partial charge is 0.255 e. The van der Waals surface area contributed by atoms with Gasteiger partial charge in [-0.1, -0.05) is 0 Å². The summed E-state index contributed by atoms with van der Waals surface area (Å²) in [4.78, 5) is 25.5. The van der Waals surface area contributed by atoms with Crippen molar-refractivity contribution in [2.45, 2.75) is 43.6 Å². The van der Waals surface area contributed by atoms with Gasteiger partial charge in [0.15, 0.2) is 0 Å². The van der Waals surface area contributed by atoms with Gasteiger partial charge in [0.05, 0.1) is 25.5 Å². The molecule has 3 fully saturated rings. The fraction of sp³-hybridized carbons (Fsp3) is 0.789. The zero-order valence-electron chi connectivity index (χ0n) is 15.3. The minimum absolute atomic E-state index is 0.0694. The molecule has 7 heteroatoms. The highest BCUT2D eigenvalue weighted by molar-refractivity contribution is 5.40. The lowest BCUT2D eigenvalue weighted by Crippen LogP contribution is -2.47. The van der Waals surface area contributed by atoms with Gasteiger partial charge in [0.25, 0.3) is 5.56 Å². The number of piperidine rings is 1. The van der Waals surface area contributed by atoms with E-state index in [0.29, 0.717) is 19.3 Å². The summed E-state index contributed by atoms with van der Waals surface area (Å²) >= 11 is 0. The zero-order valence-corrected chi connectivity index (χ0v) is 15.3. The van der Waals surface area contributed by atoms with Gasteiger partial charge in [-0.2, -0.15) is 0 Å². The Hall–Kier alpha value is -1.44. The van der Waals surface area contributed by atoms with Crippen LogP contribution in [0.4, 0.5) is 5.95 Å². The second kappa shape index (κ2) is 6.62. The van der Waals surface area contributed by atoms with Crippen molar-refractivity contribution in [2.75, 3.05) is 57.5 Å². The van der Waals surface area contributed by atoms with E-state index in [9.17, 15) is 4.79 Å². The Kier molecular flexibility index (Phi) is 4.26. The third-order valence-electron chi connectivity index (χ3n) is 6.85. The molecule has 142 valence electrons. The first-order valence-corrected chi connectivity index (χ1v) is 10.0. The van der Waals surface area contributed by atoms with Crippen LogP contribution < -0.4 is 10.5 Å². The van der Waals surface area contributed by atoms with Crippen LogP contribution >= 0.6 is 0 Å². The van der Waals surface area contributed by atoms with Gasteiger partial charge in [-0.15, -0.1) is 0 Å². The molecule has 26 heavy (non-hydrogen) atoms. The summed E-state index contributed by atoms with van der Waals surface area (Å²) in [6, 6.07) is 0.587. The molecule has 1 aliphatic carbocycles. The number of fused-ring (bicyclic) bond motifs is 2. The summed E-state index contributed by atoms with van der Waals surface area (Å²) in [5.41, 5.74) is 2.19. The highest BCUT2D eigenvalue weighted by Gasteiger charge is 2.45. The topological polar surface area (TPSA) is 70.7 Å². The molecule has 0 aromatic carbocycles. The molecule has 5 rings (SSSR count). The SMILES string of the molecule is O=c1[nH]c(N2CCOCC2)nc2c1CCC21CCN(C2CCOC2)CC1. The number of hydrogen-bond acceptors (Lipinski definition) is 6. The van der Waals surface area contributed by atoms with E-state index in [4.69, 9.17) is 14.5 Å². The summed E-state index contributed by atoms with van der Waals surface area (Å²) < 4.78 is 11.0. The van der Waals surface area contributed by atoms with Crippen LogP contribution in [0.1, 0.15) is 36.9 Å². The van der Waals surface area contributed by atoms with Gasteiger partial charge in [0.2, 0.25) is 5.95 Å². The minimum Gasteiger partial charge on any atom is -0.380 e. The van der Waals surface area contributed by atoms with Gasteiger partial charge in [-0.05, 0) is 45.2 Å². The number of likely N-dealkylation sites (tertiary alicyclic amines) is 1. The van der Waals surface area contributed by atoms with Crippen LogP contribution in [0.15, 0.2) is 4.79 Å². The molecule has 1 N–H and O–H groups in total. The van der Waals surface area contributed by atoms with Crippen molar-refractivity contribution in [3.63, 3.8) is 0 Å². The standard InChI is InChI=1S/C19H28N4O3/c24-17-15-1-3-19(4-6-22(7-5-19)14-2-10-26-13-14)16(15)20-18(21-17)23-8-11-25-12-9-23/h14H,1-13H2,(H,20,21,24). The van der Waals surface area contributed by atoms with Gasteiger partial charge >= 0.3 is 0 Å². The quantitative estimate of drug-likeness (QED) is 0.836. The average molecular weight is 360 g/mol. The molecular weight excluding hydrogens is 332 g/mol. The Bertz CT molecular complexity index is 714. The zero-order chi connectivity index (χ0) is 17.6. The predicted octanol–water partition coefficient (Wildman–Crippen LogP) is 0.675. The molecular formula is C19H28N4O3. The maximum Gasteiger partial charge on any atom is 0.255 e. The number of H-pyrrole nitrogens is 1. The number of anilines is 1. The van der Waals surface area contributed by atoms with E-state index in [0.717, 1.165) is 88.7 Å². The summed E-state index contributed by atoms with van der Waals surface area (Å²) in [6.45, 7) is 6.95. The largest absolute Gasteiger partial charge is 0.380 e. The van der Waals surface area contributed by atoms with Crippen LogP contribution in [0.5, 0.6) is 0 Å². The number of aromatic amines is 1. The number of ether oxygens (including phenoxy) is 2. The number of morpholine rings is 1. The van der Waals surface area contributed by atoms with Crippen LogP contribution in [0, 0.1) is 0 Å². The van der Waals surface area contributed by atoms with Crippen molar-refractivity contribution >= 4 is 5.95 Å². The predicted molar refractivity (Wildman–Crippen MR) is 97.9 cm³/mol. The van der Waals surface area contributed by atoms with E-state index in [1.54, 1.807) is 0 Å². The van der Waals surface area contributed by atoms with Crippen molar-refractivity contribution in [3.8, 4) is 0 Å². The van der Waals surface area contributed by atoms with Gasteiger partial charge in [0, 0.05) is 36.7 Å². The molecule has 0 radical (unpaired) electrons. The second-order valence-corrected chi connectivity index (χ2v) is 8.15. The molecule has 3 saturated heterocycles. The average Bonchev–Trinajstić information content (AvgIpc) is 3.33. The van der Waals surface area contributed by atoms with E-state index in [2.05, 4.69) is 14.8 Å². The summed E-state index contributed by atoms with van der Waals surface area (Å²) in [6.07, 6.45) is 5.31. The maximum atomic E-state index is 12.7. The van der Waals surface area contributed by atoms with E-state index < -0.39 is 0 Å². The first-order chi connectivity index (χ1) is 12.8. The third-order valence-corrected chi connectivity index (χ3v) is 6.85. The van der Waals surface area contributed by atoms with Gasteiger partial charge < -0.3 is 14.4 Å². The Morgan fingerprint density at radius 2 is 1.85 bits per heavy atom. The maximum absolute atomic E-state index is 12.7. The van der Waals surface area contributed by atoms with Crippen LogP contribution in [0.3, 0.4) is 0 Å². The molecule has 0 amide bonds. The normalized spacial score (nSPS) is 28.6. The van der Waals surface area contributed by atoms with Crippen LogP contribution in [0.2, 0.25) is 0 Å². The Morgan fingerprint density at radius 1 is 1.04 bits per heavy atom. The number of aromatic nitrogens is 2. The molecule has 7 nitrogen and oxygen atoms in total. The first kappa shape index (κ1) is 16.7. The lowest BCUT2D eigenvalue weighted by atomic mass is 9.76. The van der Waals surface area contributed by atoms with Gasteiger partial charge in [-0.25, -0.2) is 4.98 Å². The molecule has 1 aromatic rings. The highest BCUT2D eigenvalue weighted by Crippen LogP contribution is 2.45. The van der Waals surface area contributed by atoms with E-state index >= 15 is 0 Å². The Balaban J connectivity index is 1.40. The summed E-state index contributed by atoms with van der Waals surface area (Å²) in [5, 5.41) is 0. The van der Waals surface area contributed by atoms with Crippen LogP contribution in [0.25, 0.3) is 0 Å². The van der Waals surface area contributed by atoms with Crippen molar-refractivity contribution in [2.24, 2.45) is 0 Å². The van der Waals surface area contributed by atoms with Crippen molar-refractivity contribution < 1.29 is 9.47 Å². The van der Waals surface area contributed by atoms with Crippen LogP contribution in [-0.2, 0) is 21.3 Å². The number of nitrogens with one attached hydrogen (secondary N) is 1. The van der Waals surface area contributed by atoms with E-state index in [1.807, 2.05) is 0 Å². The lowest BCUT2D eigenvalue weighted by Gasteiger charge is -2.41. The molecule has 1 atom stereocenters. The molecule has 4 heterocycles. The minimum atomic E-state index is 0.0694. The van der Waals surface area contributed by atoms with Crippen LogP contribution in [-0.4, -0.2) is 73.5 Å². The summed E-state index contributed by atoms with van der Waals surface area (Å²) in [7, 11) is 0. The lowest BCUT2D eigenvalue weighted by molar-refractivity contribution is 0.0964. The third kappa shape index (κ3) is 2.77. The number of rotatable bonds is 2. The fourth-order valence-electron chi connectivity index (χ4n) is 5.18. The molecule has 1 unspecified atom stereocenters. The van der Waals surface area contributed by atoms with E-state index in [1.165, 1.54) is 0 Å². The monoisotopic (exact) mass is 360 g/mol. The van der Waals surface area contributed by atoms with Gasteiger partial charge in [-0.3, -0.25) is 14.7 Å². The molecule has 0 saturated carbocycles. The molecule has 4 aliphatic rings. The first-order valence-electron chi connectivity index (χ1n) is 10.0. The number of hydrogen-bond donors (Lipinski definition) is 1. The van der Waals surface area contributed by atoms with Crippen molar-refractivity contribution in [1.82, 2.24) is 14.9 Å². The van der Waals surface area contributed by atoms with Crippen molar-refractivity contribution in [1.29, 1.82) is 0 Å². The second-order valence-electron chi connectivity index (χ2n) is 8.15. The van der Waals surface area contributed by atoms with Crippen molar-refractivity contribution in [3.05, 3.63) is 21.6 Å². The van der Waals surface area contributed by atoms with E-state index in [-0.39, 0.29) is 11.0 Å². The fourth-order valence-corrected chi connectivity index (χ4v) is 5.18. The molecule has 1 spiro atoms. The number of nitrogens with zero attached hydrogens (tertiary/aromatic N) is 3. The highest BCUT2D eigenvalue weighted by atomic mass is 16.5. The Morgan fingerprint density at radius 3 is 2.58 bits per heavy atom.